The van der Waals surface area contributed by atoms with Crippen molar-refractivity contribution >= 4 is 15.9 Å². The van der Waals surface area contributed by atoms with Crippen molar-refractivity contribution in [2.75, 3.05) is 0 Å². The van der Waals surface area contributed by atoms with E-state index in [-0.39, 0.29) is 18.5 Å². The molecule has 0 fully saturated rings. The molecular formula is C23H24FN3O4S. The second-order valence-corrected chi connectivity index (χ2v) is 9.14. The first-order valence-electron chi connectivity index (χ1n) is 9.95. The average molecular weight is 458 g/mol. The van der Waals surface area contributed by atoms with Crippen molar-refractivity contribution in [3.05, 3.63) is 99.2 Å². The number of aryl methyl sites for hydroxylation is 2. The van der Waals surface area contributed by atoms with Crippen LogP contribution in [0.25, 0.3) is 0 Å². The van der Waals surface area contributed by atoms with Crippen molar-refractivity contribution in [2.45, 2.75) is 37.8 Å². The summed E-state index contributed by atoms with van der Waals surface area (Å²) < 4.78 is 42.0. The van der Waals surface area contributed by atoms with Crippen LogP contribution in [0.2, 0.25) is 0 Å². The van der Waals surface area contributed by atoms with Gasteiger partial charge < -0.3 is 10.3 Å². The number of nitrogens with one attached hydrogen (secondary N) is 3. The van der Waals surface area contributed by atoms with Gasteiger partial charge in [-0.05, 0) is 49.6 Å². The molecule has 0 aliphatic heterocycles. The number of aromatic amines is 1. The minimum absolute atomic E-state index is 0.0452. The summed E-state index contributed by atoms with van der Waals surface area (Å²) in [6.07, 6.45) is 0.0452. The van der Waals surface area contributed by atoms with Crippen molar-refractivity contribution < 1.29 is 17.6 Å². The minimum atomic E-state index is -4.31. The Morgan fingerprint density at radius 2 is 1.72 bits per heavy atom. The minimum Gasteiger partial charge on any atom is -0.350 e. The van der Waals surface area contributed by atoms with E-state index in [0.717, 1.165) is 12.1 Å². The number of rotatable bonds is 8. The topological polar surface area (TPSA) is 108 Å². The number of carbonyl (C=O) groups is 1. The monoisotopic (exact) mass is 457 g/mol. The van der Waals surface area contributed by atoms with Gasteiger partial charge in [-0.1, -0.05) is 42.5 Å². The molecule has 168 valence electrons. The average Bonchev–Trinajstić information content (AvgIpc) is 2.73. The summed E-state index contributed by atoms with van der Waals surface area (Å²) in [5, 5.41) is 2.63. The van der Waals surface area contributed by atoms with E-state index in [1.807, 2.05) is 0 Å². The molecule has 1 unspecified atom stereocenters. The van der Waals surface area contributed by atoms with Gasteiger partial charge in [0.1, 0.15) is 16.8 Å². The largest absolute Gasteiger partial charge is 0.350 e. The van der Waals surface area contributed by atoms with Gasteiger partial charge in [-0.3, -0.25) is 9.59 Å². The van der Waals surface area contributed by atoms with Crippen molar-refractivity contribution in [3.8, 4) is 0 Å². The fourth-order valence-corrected chi connectivity index (χ4v) is 4.63. The van der Waals surface area contributed by atoms with E-state index in [1.54, 1.807) is 50.2 Å². The SMILES string of the molecule is Cc1cc(C)c(CNC(=O)C(Cc2ccccc2)NS(=O)(=O)c2ccccc2F)c(=O)[nH]1. The summed E-state index contributed by atoms with van der Waals surface area (Å²) in [5.41, 5.74) is 2.17. The standard InChI is InChI=1S/C23H24FN3O4S/c1-15-12-16(2)26-22(28)18(15)14-25-23(29)20(13-17-8-4-3-5-9-17)27-32(30,31)21-11-7-6-10-19(21)24/h3-12,20,27H,13-14H2,1-2H3,(H,25,29)(H,26,28). The molecule has 1 atom stereocenters. The molecule has 0 aliphatic rings. The number of sulfonamides is 1. The van der Waals surface area contributed by atoms with Crippen LogP contribution in [0.4, 0.5) is 4.39 Å². The van der Waals surface area contributed by atoms with Crippen LogP contribution in [0.15, 0.2) is 70.4 Å². The van der Waals surface area contributed by atoms with Gasteiger partial charge in [-0.15, -0.1) is 0 Å². The van der Waals surface area contributed by atoms with E-state index < -0.39 is 32.7 Å². The Balaban J connectivity index is 1.85. The molecule has 9 heteroatoms. The van der Waals surface area contributed by atoms with E-state index in [9.17, 15) is 22.4 Å². The van der Waals surface area contributed by atoms with E-state index in [1.165, 1.54) is 12.1 Å². The highest BCUT2D eigenvalue weighted by Gasteiger charge is 2.28. The molecule has 1 heterocycles. The molecule has 0 saturated heterocycles. The maximum Gasteiger partial charge on any atom is 0.253 e. The van der Waals surface area contributed by atoms with Gasteiger partial charge in [0.25, 0.3) is 5.56 Å². The molecular weight excluding hydrogens is 433 g/mol. The van der Waals surface area contributed by atoms with Gasteiger partial charge >= 0.3 is 0 Å². The third-order valence-electron chi connectivity index (χ3n) is 4.96. The number of hydrogen-bond donors (Lipinski definition) is 3. The van der Waals surface area contributed by atoms with Crippen LogP contribution in [0.1, 0.15) is 22.4 Å². The Hall–Kier alpha value is -3.30. The maximum absolute atomic E-state index is 14.1. The van der Waals surface area contributed by atoms with Crippen LogP contribution < -0.4 is 15.6 Å². The van der Waals surface area contributed by atoms with Crippen molar-refractivity contribution in [3.63, 3.8) is 0 Å². The highest BCUT2D eigenvalue weighted by atomic mass is 32.2. The zero-order valence-corrected chi connectivity index (χ0v) is 18.5. The number of H-pyrrole nitrogens is 1. The molecule has 2 aromatic carbocycles. The third-order valence-corrected chi connectivity index (χ3v) is 6.46. The Bertz CT molecular complexity index is 1270. The molecule has 1 amide bonds. The van der Waals surface area contributed by atoms with E-state index in [0.29, 0.717) is 22.4 Å². The van der Waals surface area contributed by atoms with Gasteiger partial charge in [0.15, 0.2) is 0 Å². The van der Waals surface area contributed by atoms with Crippen molar-refractivity contribution in [2.24, 2.45) is 0 Å². The number of benzene rings is 2. The highest BCUT2D eigenvalue weighted by molar-refractivity contribution is 7.89. The highest BCUT2D eigenvalue weighted by Crippen LogP contribution is 2.15. The zero-order chi connectivity index (χ0) is 23.3. The maximum atomic E-state index is 14.1. The van der Waals surface area contributed by atoms with Crippen LogP contribution in [0, 0.1) is 19.7 Å². The first-order valence-corrected chi connectivity index (χ1v) is 11.4. The second kappa shape index (κ2) is 9.88. The predicted octanol–water partition coefficient (Wildman–Crippen LogP) is 2.34. The predicted molar refractivity (Wildman–Crippen MR) is 119 cm³/mol. The number of amides is 1. The number of hydrogen-bond acceptors (Lipinski definition) is 4. The van der Waals surface area contributed by atoms with Crippen molar-refractivity contribution in [1.29, 1.82) is 0 Å². The lowest BCUT2D eigenvalue weighted by Gasteiger charge is -2.19. The molecule has 3 N–H and O–H groups in total. The number of pyridine rings is 1. The first-order chi connectivity index (χ1) is 15.2. The molecule has 0 bridgehead atoms. The molecule has 7 nitrogen and oxygen atoms in total. The van der Waals surface area contributed by atoms with Crippen LogP contribution in [0.5, 0.6) is 0 Å². The van der Waals surface area contributed by atoms with E-state index >= 15 is 0 Å². The Labute approximate surface area is 185 Å². The Kier molecular flexibility index (Phi) is 7.22. The molecule has 32 heavy (non-hydrogen) atoms. The molecule has 3 rings (SSSR count). The quantitative estimate of drug-likeness (QED) is 0.482. The Morgan fingerprint density at radius 3 is 2.38 bits per heavy atom. The summed E-state index contributed by atoms with van der Waals surface area (Å²) in [5.74, 6) is -1.55. The van der Waals surface area contributed by atoms with Crippen LogP contribution in [-0.2, 0) is 27.8 Å². The van der Waals surface area contributed by atoms with E-state index in [4.69, 9.17) is 0 Å². The smallest absolute Gasteiger partial charge is 0.253 e. The summed E-state index contributed by atoms with van der Waals surface area (Å²) in [4.78, 5) is 27.3. The van der Waals surface area contributed by atoms with Gasteiger partial charge in [0.2, 0.25) is 15.9 Å². The van der Waals surface area contributed by atoms with Crippen LogP contribution in [-0.4, -0.2) is 25.4 Å². The molecule has 0 aliphatic carbocycles. The summed E-state index contributed by atoms with van der Waals surface area (Å²) >= 11 is 0. The summed E-state index contributed by atoms with van der Waals surface area (Å²) in [6.45, 7) is 3.43. The lowest BCUT2D eigenvalue weighted by Crippen LogP contribution is -2.48. The lowest BCUT2D eigenvalue weighted by atomic mass is 10.1. The molecule has 1 aromatic heterocycles. The van der Waals surface area contributed by atoms with Gasteiger partial charge in [0, 0.05) is 17.8 Å². The third kappa shape index (κ3) is 5.68. The zero-order valence-electron chi connectivity index (χ0n) is 17.7. The molecule has 0 saturated carbocycles. The van der Waals surface area contributed by atoms with Gasteiger partial charge in [-0.25, -0.2) is 12.8 Å². The normalized spacial score (nSPS) is 12.3. The van der Waals surface area contributed by atoms with Gasteiger partial charge in [0.05, 0.1) is 0 Å². The fraction of sp³-hybridized carbons (Fsp3) is 0.217. The van der Waals surface area contributed by atoms with Crippen LogP contribution >= 0.6 is 0 Å². The summed E-state index contributed by atoms with van der Waals surface area (Å²) in [6, 6.07) is 14.4. The summed E-state index contributed by atoms with van der Waals surface area (Å²) in [7, 11) is -4.31. The lowest BCUT2D eigenvalue weighted by molar-refractivity contribution is -0.122. The fourth-order valence-electron chi connectivity index (χ4n) is 3.35. The molecule has 0 spiro atoms. The molecule has 0 radical (unpaired) electrons. The number of halogens is 1. The number of carbonyl (C=O) groups excluding carboxylic acids is 1. The Morgan fingerprint density at radius 1 is 1.06 bits per heavy atom. The number of aromatic nitrogens is 1. The first kappa shape index (κ1) is 23.4. The van der Waals surface area contributed by atoms with Gasteiger partial charge in [-0.2, -0.15) is 4.72 Å². The second-order valence-electron chi connectivity index (χ2n) is 7.45. The molecule has 3 aromatic rings. The van der Waals surface area contributed by atoms with Crippen LogP contribution in [0.3, 0.4) is 0 Å². The van der Waals surface area contributed by atoms with E-state index in [2.05, 4.69) is 15.0 Å². The van der Waals surface area contributed by atoms with Crippen molar-refractivity contribution in [1.82, 2.24) is 15.0 Å².